The van der Waals surface area contributed by atoms with Gasteiger partial charge in [-0.25, -0.2) is 0 Å². The van der Waals surface area contributed by atoms with Crippen molar-refractivity contribution in [2.24, 2.45) is 5.73 Å². The minimum absolute atomic E-state index is 0.0147. The third-order valence-electron chi connectivity index (χ3n) is 10.1. The number of aliphatic hydroxyl groups excluding tert-OH is 3. The Morgan fingerprint density at radius 2 is 1.15 bits per heavy atom. The molecule has 0 aliphatic carbocycles. The second kappa shape index (κ2) is 29.0. The summed E-state index contributed by atoms with van der Waals surface area (Å²) in [5.41, 5.74) is 6.16. The molecule has 2 aliphatic rings. The number of nitrogens with two attached hydrogens (primary N) is 1. The molecule has 0 radical (unpaired) electrons. The van der Waals surface area contributed by atoms with E-state index in [1.165, 1.54) is 135 Å². The molecule has 2 saturated heterocycles. The molecule has 0 bridgehead atoms. The summed E-state index contributed by atoms with van der Waals surface area (Å²) >= 11 is 0. The molecule has 2 heterocycles. The minimum Gasteiger partial charge on any atom is -0.387 e. The molecule has 2 aliphatic heterocycles. The first kappa shape index (κ1) is 43.6. The third-order valence-corrected chi connectivity index (χ3v) is 10.1. The van der Waals surface area contributed by atoms with Crippen LogP contribution in [0.3, 0.4) is 0 Å². The van der Waals surface area contributed by atoms with E-state index in [0.717, 1.165) is 32.1 Å². The molecular formula is C40H77NO7. The van der Waals surface area contributed by atoms with E-state index in [-0.39, 0.29) is 13.2 Å². The van der Waals surface area contributed by atoms with Crippen molar-refractivity contribution in [2.45, 2.75) is 230 Å². The fraction of sp³-hybridized carbons (Fsp3) is 0.950. The number of allylic oxidation sites excluding steroid dienone is 1. The maximum Gasteiger partial charge on any atom is 0.186 e. The first-order valence-electron chi connectivity index (χ1n) is 20.5. The number of unbranched alkanes of at least 4 members (excludes halogenated alkanes) is 23. The monoisotopic (exact) mass is 684 g/mol. The maximum absolute atomic E-state index is 10.8. The summed E-state index contributed by atoms with van der Waals surface area (Å²) in [6.45, 7) is 4.78. The van der Waals surface area contributed by atoms with Crippen molar-refractivity contribution in [3.05, 3.63) is 12.2 Å². The summed E-state index contributed by atoms with van der Waals surface area (Å²) in [5.74, 6) is 0. The number of ether oxygens (including phenoxy) is 4. The second-order valence-electron chi connectivity index (χ2n) is 14.7. The van der Waals surface area contributed by atoms with E-state index in [1.54, 1.807) is 6.08 Å². The van der Waals surface area contributed by atoms with Crippen molar-refractivity contribution in [1.29, 1.82) is 0 Å². The van der Waals surface area contributed by atoms with Crippen LogP contribution in [-0.2, 0) is 18.9 Å². The van der Waals surface area contributed by atoms with Crippen LogP contribution in [0.4, 0.5) is 0 Å². The average molecular weight is 684 g/mol. The van der Waals surface area contributed by atoms with Crippen molar-refractivity contribution in [2.75, 3.05) is 13.2 Å². The summed E-state index contributed by atoms with van der Waals surface area (Å²) in [5, 5.41) is 32.0. The normalized spacial score (nSPS) is 25.8. The Hall–Kier alpha value is -0.580. The molecule has 0 aromatic heterocycles. The Labute approximate surface area is 294 Å². The molecule has 2 rings (SSSR count). The standard InChI is InChI=1S/C40H77NO7/c1-3-5-7-9-11-13-15-17-19-21-23-25-27-29-34(42)33(41)31-46-40-38(44)37(43)39-35(47-40)32-45-36(48-39)30-28-26-24-22-20-18-16-14-12-10-8-6-4-2/h27,29,33-40,42-44H,3-26,28,30-32,41H2,1-2H3/b29-27+/t33-,34+,35?,36?,37+,38+,39?,40+/m0/s1. The maximum atomic E-state index is 10.8. The SMILES string of the molecule is CCCCCCCCCCCCC/C=C/[C@@H](O)[C@@H](N)CO[C@@H]1OC2COC(CCCCCCCCCCCCCCC)OC2[C@H](O)[C@H]1O. The zero-order valence-corrected chi connectivity index (χ0v) is 31.1. The van der Waals surface area contributed by atoms with Crippen LogP contribution in [0.1, 0.15) is 181 Å². The first-order valence-corrected chi connectivity index (χ1v) is 20.5. The van der Waals surface area contributed by atoms with E-state index in [9.17, 15) is 15.3 Å². The van der Waals surface area contributed by atoms with Crippen LogP contribution in [-0.4, -0.2) is 77.7 Å². The van der Waals surface area contributed by atoms with Gasteiger partial charge in [-0.1, -0.05) is 167 Å². The van der Waals surface area contributed by atoms with Crippen LogP contribution in [0.5, 0.6) is 0 Å². The third kappa shape index (κ3) is 19.7. The zero-order valence-electron chi connectivity index (χ0n) is 31.1. The lowest BCUT2D eigenvalue weighted by Gasteiger charge is -2.46. The highest BCUT2D eigenvalue weighted by atomic mass is 16.8. The lowest BCUT2D eigenvalue weighted by atomic mass is 9.98. The quantitative estimate of drug-likeness (QED) is 0.0423. The average Bonchev–Trinajstić information content (AvgIpc) is 3.09. The molecule has 8 heteroatoms. The van der Waals surface area contributed by atoms with Gasteiger partial charge in [-0.05, 0) is 25.7 Å². The highest BCUT2D eigenvalue weighted by Crippen LogP contribution is 2.30. The van der Waals surface area contributed by atoms with Crippen molar-refractivity contribution >= 4 is 0 Å². The Morgan fingerprint density at radius 3 is 1.67 bits per heavy atom. The smallest absolute Gasteiger partial charge is 0.186 e. The summed E-state index contributed by atoms with van der Waals surface area (Å²) in [4.78, 5) is 0. The molecule has 48 heavy (non-hydrogen) atoms. The fourth-order valence-electron chi connectivity index (χ4n) is 6.85. The molecule has 0 aromatic carbocycles. The Morgan fingerprint density at radius 1 is 0.667 bits per heavy atom. The van der Waals surface area contributed by atoms with Crippen molar-refractivity contribution in [3.63, 3.8) is 0 Å². The van der Waals surface area contributed by atoms with Gasteiger partial charge in [0.15, 0.2) is 12.6 Å². The zero-order chi connectivity index (χ0) is 34.7. The number of hydrogen-bond acceptors (Lipinski definition) is 8. The van der Waals surface area contributed by atoms with Gasteiger partial charge in [0.2, 0.25) is 0 Å². The molecule has 0 saturated carbocycles. The van der Waals surface area contributed by atoms with Crippen molar-refractivity contribution in [3.8, 4) is 0 Å². The topological polar surface area (TPSA) is 124 Å². The Balaban J connectivity index is 1.50. The van der Waals surface area contributed by atoms with Gasteiger partial charge >= 0.3 is 0 Å². The lowest BCUT2D eigenvalue weighted by molar-refractivity contribution is -0.360. The van der Waals surface area contributed by atoms with Crippen molar-refractivity contribution < 1.29 is 34.3 Å². The van der Waals surface area contributed by atoms with Crippen LogP contribution < -0.4 is 5.73 Å². The van der Waals surface area contributed by atoms with Gasteiger partial charge in [-0.2, -0.15) is 0 Å². The second-order valence-corrected chi connectivity index (χ2v) is 14.7. The van der Waals surface area contributed by atoms with Gasteiger partial charge in [0, 0.05) is 0 Å². The van der Waals surface area contributed by atoms with Crippen molar-refractivity contribution in [1.82, 2.24) is 0 Å². The molecular weight excluding hydrogens is 606 g/mol. The molecule has 0 amide bonds. The predicted octanol–water partition coefficient (Wildman–Crippen LogP) is 8.62. The van der Waals surface area contributed by atoms with E-state index in [2.05, 4.69) is 13.8 Å². The first-order chi connectivity index (χ1) is 23.5. The molecule has 0 aromatic rings. The lowest BCUT2D eigenvalue weighted by Crippen LogP contribution is -2.63. The Bertz CT molecular complexity index is 753. The van der Waals surface area contributed by atoms with Gasteiger partial charge in [0.05, 0.1) is 25.4 Å². The minimum atomic E-state index is -1.28. The molecule has 2 fully saturated rings. The molecule has 5 N–H and O–H groups in total. The van der Waals surface area contributed by atoms with Gasteiger partial charge < -0.3 is 40.0 Å². The van der Waals surface area contributed by atoms with E-state index in [1.807, 2.05) is 6.08 Å². The van der Waals surface area contributed by atoms with Gasteiger partial charge in [0.1, 0.15) is 24.4 Å². The van der Waals surface area contributed by atoms with E-state index >= 15 is 0 Å². The molecule has 8 atom stereocenters. The van der Waals surface area contributed by atoms with Crippen LogP contribution in [0, 0.1) is 0 Å². The van der Waals surface area contributed by atoms with Gasteiger partial charge in [-0.3, -0.25) is 0 Å². The number of fused-ring (bicyclic) bond motifs is 1. The largest absolute Gasteiger partial charge is 0.387 e. The summed E-state index contributed by atoms with van der Waals surface area (Å²) in [7, 11) is 0. The molecule has 3 unspecified atom stereocenters. The fourth-order valence-corrected chi connectivity index (χ4v) is 6.85. The van der Waals surface area contributed by atoms with Crippen LogP contribution in [0.2, 0.25) is 0 Å². The van der Waals surface area contributed by atoms with E-state index < -0.39 is 49.1 Å². The number of rotatable bonds is 31. The number of hydrogen-bond donors (Lipinski definition) is 4. The summed E-state index contributed by atoms with van der Waals surface area (Å²) in [6, 6.07) is -0.673. The van der Waals surface area contributed by atoms with Crippen LogP contribution in [0.25, 0.3) is 0 Å². The van der Waals surface area contributed by atoms with E-state index in [0.29, 0.717) is 0 Å². The Kier molecular flexibility index (Phi) is 26.4. The van der Waals surface area contributed by atoms with Crippen LogP contribution >= 0.6 is 0 Å². The summed E-state index contributed by atoms with van der Waals surface area (Å²) in [6.07, 6.45) is 30.8. The van der Waals surface area contributed by atoms with Gasteiger partial charge in [0.25, 0.3) is 0 Å². The molecule has 0 spiro atoms. The number of aliphatic hydroxyl groups is 3. The predicted molar refractivity (Wildman–Crippen MR) is 196 cm³/mol. The van der Waals surface area contributed by atoms with Gasteiger partial charge in [-0.15, -0.1) is 0 Å². The summed E-state index contributed by atoms with van der Waals surface area (Å²) < 4.78 is 23.6. The van der Waals surface area contributed by atoms with E-state index in [4.69, 9.17) is 24.7 Å². The van der Waals surface area contributed by atoms with Crippen LogP contribution in [0.15, 0.2) is 12.2 Å². The highest BCUT2D eigenvalue weighted by Gasteiger charge is 2.49. The molecule has 8 nitrogen and oxygen atoms in total. The highest BCUT2D eigenvalue weighted by molar-refractivity contribution is 4.95. The molecule has 284 valence electrons.